The molecular weight excluding hydrogens is 512 g/mol. The molecule has 0 radical (unpaired) electrons. The Bertz CT molecular complexity index is 1240. The second-order valence-electron chi connectivity index (χ2n) is 7.83. The number of nitrogens with zero attached hydrogens (tertiary/aromatic N) is 5. The number of β-lactam (4-membered cyclic amide) rings is 1. The lowest BCUT2D eigenvalue weighted by atomic mass is 10.0. The highest BCUT2D eigenvalue weighted by Crippen LogP contribution is 2.41. The number of nitrogen functional groups attached to an aromatic ring is 1. The van der Waals surface area contributed by atoms with Crippen LogP contribution in [0.5, 0.6) is 0 Å². The molecular formula is C20H22N8O6S2. The van der Waals surface area contributed by atoms with Crippen molar-refractivity contribution in [1.82, 2.24) is 20.1 Å². The Morgan fingerprint density at radius 2 is 2.14 bits per heavy atom. The lowest BCUT2D eigenvalue weighted by Crippen LogP contribution is -2.71. The number of carboxylic acid groups (broad SMARTS) is 1. The monoisotopic (exact) mass is 534 g/mol. The van der Waals surface area contributed by atoms with E-state index in [2.05, 4.69) is 20.4 Å². The van der Waals surface area contributed by atoms with E-state index in [0.717, 1.165) is 16.2 Å². The molecule has 2 atom stereocenters. The summed E-state index contributed by atoms with van der Waals surface area (Å²) in [6.45, 7) is 1.24. The molecule has 0 unspecified atom stereocenters. The van der Waals surface area contributed by atoms with Crippen molar-refractivity contribution in [1.29, 1.82) is 0 Å². The number of oxime groups is 1. The highest BCUT2D eigenvalue weighted by atomic mass is 32.2. The van der Waals surface area contributed by atoms with Gasteiger partial charge in [-0.2, -0.15) is 0 Å². The number of nitrogens with one attached hydrogen (secondary N) is 1. The van der Waals surface area contributed by atoms with Gasteiger partial charge < -0.3 is 32.0 Å². The minimum absolute atomic E-state index is 0.0440. The largest absolute Gasteiger partial charge is 0.477 e. The van der Waals surface area contributed by atoms with Crippen LogP contribution in [0, 0.1) is 0 Å². The van der Waals surface area contributed by atoms with Crippen molar-refractivity contribution in [2.75, 3.05) is 31.1 Å². The average molecular weight is 535 g/mol. The van der Waals surface area contributed by atoms with E-state index in [1.165, 1.54) is 29.6 Å². The number of hydrogen-bond donors (Lipinski definition) is 5. The molecule has 14 nitrogen and oxygen atoms in total. The number of carbonyl (C=O) groups is 4. The van der Waals surface area contributed by atoms with Gasteiger partial charge in [-0.1, -0.05) is 5.16 Å². The topological polar surface area (TPSA) is 217 Å². The fourth-order valence-corrected chi connectivity index (χ4v) is 5.90. The van der Waals surface area contributed by atoms with E-state index in [-0.39, 0.29) is 28.2 Å². The first-order chi connectivity index (χ1) is 17.3. The zero-order valence-electron chi connectivity index (χ0n) is 18.7. The molecule has 1 aromatic rings. The summed E-state index contributed by atoms with van der Waals surface area (Å²) >= 11 is 2.29. The fourth-order valence-electron chi connectivity index (χ4n) is 4.05. The van der Waals surface area contributed by atoms with Crippen molar-refractivity contribution < 1.29 is 29.5 Å². The highest BCUT2D eigenvalue weighted by molar-refractivity contribution is 8.00. The molecule has 0 aliphatic carbocycles. The van der Waals surface area contributed by atoms with Crippen molar-refractivity contribution in [2.45, 2.75) is 17.8 Å². The summed E-state index contributed by atoms with van der Waals surface area (Å²) in [6, 6.07) is -1.04. The number of amides is 3. The maximum atomic E-state index is 12.9. The maximum Gasteiger partial charge on any atom is 0.352 e. The lowest BCUT2D eigenvalue weighted by Gasteiger charge is -2.49. The van der Waals surface area contributed by atoms with Gasteiger partial charge in [0, 0.05) is 29.8 Å². The number of thioether (sulfide) groups is 1. The predicted octanol–water partition coefficient (Wildman–Crippen LogP) is -1.21. The van der Waals surface area contributed by atoms with Crippen molar-refractivity contribution >= 4 is 64.0 Å². The minimum atomic E-state index is -1.32. The molecule has 3 amide bonds. The molecule has 3 aliphatic rings. The molecule has 0 bridgehead atoms. The molecule has 1 aromatic heterocycles. The third-order valence-corrected chi connectivity index (χ3v) is 7.71. The molecule has 16 heteroatoms. The number of thiazole rings is 1. The van der Waals surface area contributed by atoms with Crippen molar-refractivity contribution in [3.8, 4) is 0 Å². The molecule has 0 aromatic carbocycles. The van der Waals surface area contributed by atoms with Crippen LogP contribution < -0.4 is 16.8 Å². The molecule has 7 N–H and O–H groups in total. The number of aliphatic carboxylic acids is 1. The molecule has 190 valence electrons. The summed E-state index contributed by atoms with van der Waals surface area (Å²) in [5, 5.41) is 25.5. The quantitative estimate of drug-likeness (QED) is 0.0669. The Balaban J connectivity index is 1.50. The summed E-state index contributed by atoms with van der Waals surface area (Å²) in [7, 11) is 0. The Morgan fingerprint density at radius 3 is 2.78 bits per heavy atom. The Labute approximate surface area is 212 Å². The van der Waals surface area contributed by atoms with Gasteiger partial charge in [-0.15, -0.1) is 23.1 Å². The number of nitrogens with two attached hydrogens (primary N) is 2. The van der Waals surface area contributed by atoms with Crippen LogP contribution in [0.4, 0.5) is 5.13 Å². The molecule has 4 rings (SSSR count). The second kappa shape index (κ2) is 10.4. The standard InChI is InChI=1S/C20H22N8O6S2/c21-8-23-2-4-27-3-1-9(16(27)30)5-10-6-35-18-13(17(31)28(18)14(10)19(32)33)25-15(29)12(26-34)11-7-36-20(22)24-11/h5,7-8,13,18,34H,1-4,6H2,(H2,21,23)(H2,22,24)(H,25,29)(H,32,33)/b9-5+,26-12-/t13-,18-/m1/s1. The molecule has 36 heavy (non-hydrogen) atoms. The van der Waals surface area contributed by atoms with Crippen LogP contribution in [0.25, 0.3) is 0 Å². The number of likely N-dealkylation sites (tertiary alicyclic amines) is 1. The Morgan fingerprint density at radius 1 is 1.36 bits per heavy atom. The van der Waals surface area contributed by atoms with Gasteiger partial charge in [0.1, 0.15) is 22.8 Å². The van der Waals surface area contributed by atoms with Crippen LogP contribution in [-0.4, -0.2) is 97.6 Å². The second-order valence-corrected chi connectivity index (χ2v) is 9.82. The number of rotatable bonds is 8. The first-order valence-corrected chi connectivity index (χ1v) is 12.5. The number of aliphatic imine (C=N–C) groups is 1. The van der Waals surface area contributed by atoms with Crippen molar-refractivity contribution in [3.05, 3.63) is 34.0 Å². The maximum absolute atomic E-state index is 12.9. The summed E-state index contributed by atoms with van der Waals surface area (Å²) in [4.78, 5) is 60.8. The van der Waals surface area contributed by atoms with Gasteiger partial charge in [0.15, 0.2) is 10.8 Å². The Kier molecular flexibility index (Phi) is 7.25. The molecule has 3 aliphatic heterocycles. The zero-order chi connectivity index (χ0) is 26.0. The summed E-state index contributed by atoms with van der Waals surface area (Å²) in [5.41, 5.74) is 10.9. The summed E-state index contributed by atoms with van der Waals surface area (Å²) in [5.74, 6) is -2.82. The SMILES string of the molecule is NC=NCCN1CC/C(=C\C2=C(C(=O)O)N3C(=O)[C@@H](NC(=O)/C(=N\O)c4csc(N)n4)[C@H]3SC2)C1=O. The number of allylic oxidation sites excluding steroid dienone is 1. The number of hydrogen-bond acceptors (Lipinski definition) is 11. The lowest BCUT2D eigenvalue weighted by molar-refractivity contribution is -0.150. The Hall–Kier alpha value is -3.92. The van der Waals surface area contributed by atoms with Gasteiger partial charge in [-0.3, -0.25) is 24.3 Å². The first-order valence-electron chi connectivity index (χ1n) is 10.6. The normalized spacial score (nSPS) is 23.4. The minimum Gasteiger partial charge on any atom is -0.477 e. The van der Waals surface area contributed by atoms with Crippen LogP contribution >= 0.6 is 23.1 Å². The summed E-state index contributed by atoms with van der Waals surface area (Å²) in [6.07, 6.45) is 3.14. The highest BCUT2D eigenvalue weighted by Gasteiger charge is 2.54. The van der Waals surface area contributed by atoms with E-state index in [1.54, 1.807) is 4.90 Å². The number of aromatic nitrogens is 1. The van der Waals surface area contributed by atoms with Crippen LogP contribution in [-0.2, 0) is 19.2 Å². The number of anilines is 1. The van der Waals surface area contributed by atoms with Gasteiger partial charge in [0.25, 0.3) is 11.8 Å². The summed E-state index contributed by atoms with van der Waals surface area (Å²) < 4.78 is 0. The molecule has 2 fully saturated rings. The smallest absolute Gasteiger partial charge is 0.352 e. The van der Waals surface area contributed by atoms with Crippen molar-refractivity contribution in [2.24, 2.45) is 15.9 Å². The van der Waals surface area contributed by atoms with Crippen LogP contribution in [0.1, 0.15) is 12.1 Å². The number of carboxylic acids is 1. The first kappa shape index (κ1) is 25.2. The third kappa shape index (κ3) is 4.64. The van der Waals surface area contributed by atoms with E-state index < -0.39 is 34.9 Å². The number of carbonyl (C=O) groups excluding carboxylic acids is 3. The predicted molar refractivity (Wildman–Crippen MR) is 131 cm³/mol. The van der Waals surface area contributed by atoms with E-state index in [4.69, 9.17) is 11.5 Å². The molecule has 4 heterocycles. The zero-order valence-corrected chi connectivity index (χ0v) is 20.3. The van der Waals surface area contributed by atoms with Gasteiger partial charge >= 0.3 is 5.97 Å². The average Bonchev–Trinajstić information content (AvgIpc) is 3.43. The fraction of sp³-hybridized carbons (Fsp3) is 0.350. The van der Waals surface area contributed by atoms with E-state index in [1.807, 2.05) is 0 Å². The molecule has 0 spiro atoms. The van der Waals surface area contributed by atoms with E-state index in [0.29, 0.717) is 37.2 Å². The van der Waals surface area contributed by atoms with E-state index >= 15 is 0 Å². The van der Waals surface area contributed by atoms with E-state index in [9.17, 15) is 29.5 Å². The van der Waals surface area contributed by atoms with Crippen LogP contribution in [0.15, 0.2) is 38.4 Å². The van der Waals surface area contributed by atoms with Gasteiger partial charge in [-0.25, -0.2) is 9.78 Å². The number of fused-ring (bicyclic) bond motifs is 1. The molecule has 2 saturated heterocycles. The van der Waals surface area contributed by atoms with Gasteiger partial charge in [0.05, 0.1) is 12.9 Å². The third-order valence-electron chi connectivity index (χ3n) is 5.73. The van der Waals surface area contributed by atoms with Crippen LogP contribution in [0.3, 0.4) is 0 Å². The molecule has 0 saturated carbocycles. The van der Waals surface area contributed by atoms with Crippen LogP contribution in [0.2, 0.25) is 0 Å². The van der Waals surface area contributed by atoms with Crippen molar-refractivity contribution in [3.63, 3.8) is 0 Å². The van der Waals surface area contributed by atoms with Gasteiger partial charge in [0.2, 0.25) is 5.91 Å². The van der Waals surface area contributed by atoms with Gasteiger partial charge in [-0.05, 0) is 18.1 Å².